The van der Waals surface area contributed by atoms with E-state index < -0.39 is 57.2 Å². The predicted octanol–water partition coefficient (Wildman–Crippen LogP) is 0.318. The van der Waals surface area contributed by atoms with Gasteiger partial charge in [-0.25, -0.2) is 9.78 Å². The number of carbonyl (C=O) groups is 3. The summed E-state index contributed by atoms with van der Waals surface area (Å²) in [6.07, 6.45) is 2.08. The molecule has 2 fully saturated rings. The van der Waals surface area contributed by atoms with Crippen LogP contribution < -0.4 is 26.8 Å². The van der Waals surface area contributed by atoms with Crippen molar-refractivity contribution < 1.29 is 46.3 Å². The Kier molecular flexibility index (Phi) is 9.40. The molecule has 9 N–H and O–H groups in total. The highest BCUT2D eigenvalue weighted by Gasteiger charge is 2.58. The second-order valence-corrected chi connectivity index (χ2v) is 14.4. The molecule has 1 aromatic carbocycles. The summed E-state index contributed by atoms with van der Waals surface area (Å²) in [6, 6.07) is 4.07. The molecule has 1 unspecified atom stereocenters. The van der Waals surface area contributed by atoms with Gasteiger partial charge in [-0.15, -0.1) is 15.6 Å². The summed E-state index contributed by atoms with van der Waals surface area (Å²) in [7, 11) is -5.03. The SMILES string of the molecule is CC(O/N=C(\C(=O)N[C@@H]1C(=O)N(OS(=O)(=O)O)C1(C)C)c1csc(N)n1)(C(=O)O)[C@H]1CCc2cc(C(=N)N[C@@H]3CC[C@H](N)C3)ccc2O1. The van der Waals surface area contributed by atoms with Crippen molar-refractivity contribution in [3.05, 3.63) is 40.4 Å². The number of aryl methyl sites for hydroxylation is 1. The van der Waals surface area contributed by atoms with Gasteiger partial charge in [0.2, 0.25) is 0 Å². The van der Waals surface area contributed by atoms with Gasteiger partial charge in [-0.1, -0.05) is 5.16 Å². The Morgan fingerprint density at radius 3 is 2.58 bits per heavy atom. The van der Waals surface area contributed by atoms with E-state index in [0.717, 1.165) is 36.2 Å². The molecule has 3 heterocycles. The van der Waals surface area contributed by atoms with Crippen molar-refractivity contribution >= 4 is 56.2 Å². The number of ether oxygens (including phenoxy) is 1. The monoisotopic (exact) mass is 708 g/mol. The Morgan fingerprint density at radius 1 is 1.27 bits per heavy atom. The first kappa shape index (κ1) is 35.0. The molecule has 2 aromatic rings. The molecule has 1 saturated heterocycles. The molecule has 20 heteroatoms. The van der Waals surface area contributed by atoms with Crippen LogP contribution in [0.15, 0.2) is 28.7 Å². The fraction of sp³-hybridized carbons (Fsp3) is 0.500. The van der Waals surface area contributed by atoms with Crippen molar-refractivity contribution in [2.75, 3.05) is 5.73 Å². The average Bonchev–Trinajstić information content (AvgIpc) is 3.64. The summed E-state index contributed by atoms with van der Waals surface area (Å²) in [6.45, 7) is 3.97. The number of hydrogen-bond donors (Lipinski definition) is 7. The first-order chi connectivity index (χ1) is 22.4. The Morgan fingerprint density at radius 2 is 2.00 bits per heavy atom. The van der Waals surface area contributed by atoms with Gasteiger partial charge in [0, 0.05) is 23.0 Å². The molecule has 260 valence electrons. The zero-order valence-electron chi connectivity index (χ0n) is 26.1. The van der Waals surface area contributed by atoms with Crippen molar-refractivity contribution in [2.24, 2.45) is 10.9 Å². The summed E-state index contributed by atoms with van der Waals surface area (Å²) in [5.41, 5.74) is 8.99. The zero-order chi connectivity index (χ0) is 35.2. The number of nitrogen functional groups attached to an aromatic ring is 1. The minimum Gasteiger partial charge on any atom is -0.485 e. The van der Waals surface area contributed by atoms with Gasteiger partial charge in [0.25, 0.3) is 17.4 Å². The minimum atomic E-state index is -5.03. The number of nitrogens with one attached hydrogen (secondary N) is 3. The Hall–Kier alpha value is -4.37. The number of amides is 2. The molecule has 0 bridgehead atoms. The van der Waals surface area contributed by atoms with E-state index in [9.17, 15) is 27.9 Å². The van der Waals surface area contributed by atoms with Crippen molar-refractivity contribution in [2.45, 2.75) is 88.2 Å². The van der Waals surface area contributed by atoms with E-state index in [1.165, 1.54) is 26.2 Å². The lowest BCUT2D eigenvalue weighted by Crippen LogP contribution is -2.76. The minimum absolute atomic E-state index is 0.0564. The first-order valence-corrected chi connectivity index (χ1v) is 17.1. The number of oxime groups is 1. The maximum atomic E-state index is 13.4. The number of β-lactam (4-membered cyclic amide) rings is 1. The molecule has 0 spiro atoms. The van der Waals surface area contributed by atoms with Crippen LogP contribution >= 0.6 is 11.3 Å². The van der Waals surface area contributed by atoms with E-state index in [-0.39, 0.29) is 35.2 Å². The maximum Gasteiger partial charge on any atom is 0.418 e. The van der Waals surface area contributed by atoms with Gasteiger partial charge in [0.05, 0.1) is 5.54 Å². The molecule has 1 saturated carbocycles. The van der Waals surface area contributed by atoms with Gasteiger partial charge < -0.3 is 36.8 Å². The molecule has 5 atom stereocenters. The van der Waals surface area contributed by atoms with Crippen LogP contribution in [0.5, 0.6) is 5.75 Å². The molecule has 5 rings (SSSR count). The van der Waals surface area contributed by atoms with E-state index in [0.29, 0.717) is 22.8 Å². The molecule has 1 aliphatic carbocycles. The number of rotatable bonds is 11. The van der Waals surface area contributed by atoms with Crippen molar-refractivity contribution in [3.63, 3.8) is 0 Å². The number of carbonyl (C=O) groups excluding carboxylic acids is 2. The number of benzene rings is 1. The van der Waals surface area contributed by atoms with Crippen LogP contribution in [0, 0.1) is 5.41 Å². The van der Waals surface area contributed by atoms with E-state index >= 15 is 0 Å². The van der Waals surface area contributed by atoms with Gasteiger partial charge >= 0.3 is 16.4 Å². The van der Waals surface area contributed by atoms with Gasteiger partial charge in [0.15, 0.2) is 16.9 Å². The molecule has 3 aliphatic rings. The van der Waals surface area contributed by atoms with E-state index in [1.807, 2.05) is 6.07 Å². The fourth-order valence-electron chi connectivity index (χ4n) is 5.76. The third-order valence-electron chi connectivity index (χ3n) is 8.58. The second-order valence-electron chi connectivity index (χ2n) is 12.5. The number of aliphatic carboxylic acids is 1. The number of nitrogens with two attached hydrogens (primary N) is 2. The molecule has 0 radical (unpaired) electrons. The number of hydrogen-bond acceptors (Lipinski definition) is 14. The lowest BCUT2D eigenvalue weighted by molar-refractivity contribution is -0.218. The van der Waals surface area contributed by atoms with E-state index in [2.05, 4.69) is 25.1 Å². The number of anilines is 1. The van der Waals surface area contributed by atoms with E-state index in [1.54, 1.807) is 12.1 Å². The van der Waals surface area contributed by atoms with Crippen molar-refractivity contribution in [1.29, 1.82) is 5.41 Å². The zero-order valence-corrected chi connectivity index (χ0v) is 27.8. The summed E-state index contributed by atoms with van der Waals surface area (Å²) in [4.78, 5) is 48.3. The number of fused-ring (bicyclic) bond motifs is 1. The first-order valence-electron chi connectivity index (χ1n) is 14.8. The molecule has 1 aromatic heterocycles. The second kappa shape index (κ2) is 12.9. The topological polar surface area (TPSA) is 282 Å². The Bertz CT molecular complexity index is 1780. The third kappa shape index (κ3) is 7.06. The number of carboxylic acid groups (broad SMARTS) is 1. The molecule has 18 nitrogen and oxygen atoms in total. The normalized spacial score (nSPS) is 24.8. The maximum absolute atomic E-state index is 13.4. The Balaban J connectivity index is 1.33. The summed E-state index contributed by atoms with van der Waals surface area (Å²) >= 11 is 0.962. The smallest absolute Gasteiger partial charge is 0.418 e. The van der Waals surface area contributed by atoms with Gasteiger partial charge in [-0.3, -0.25) is 19.6 Å². The Labute approximate surface area is 279 Å². The van der Waals surface area contributed by atoms with E-state index in [4.69, 9.17) is 31.0 Å². The third-order valence-corrected chi connectivity index (χ3v) is 9.59. The lowest BCUT2D eigenvalue weighted by atomic mass is 9.84. The fourth-order valence-corrected chi connectivity index (χ4v) is 6.76. The number of amidine groups is 1. The predicted molar refractivity (Wildman–Crippen MR) is 170 cm³/mol. The van der Waals surface area contributed by atoms with Crippen LogP contribution in [0.4, 0.5) is 5.13 Å². The summed E-state index contributed by atoms with van der Waals surface area (Å²) in [5.74, 6) is -2.80. The van der Waals surface area contributed by atoms with Crippen molar-refractivity contribution in [1.82, 2.24) is 20.7 Å². The molecular weight excluding hydrogens is 672 g/mol. The molecule has 2 aliphatic heterocycles. The molecule has 48 heavy (non-hydrogen) atoms. The number of aromatic nitrogens is 1. The average molecular weight is 709 g/mol. The highest BCUT2D eigenvalue weighted by molar-refractivity contribution is 7.80. The summed E-state index contributed by atoms with van der Waals surface area (Å²) < 4.78 is 41.7. The van der Waals surface area contributed by atoms with Crippen LogP contribution in [0.3, 0.4) is 0 Å². The van der Waals surface area contributed by atoms with Gasteiger partial charge in [-0.05, 0) is 76.6 Å². The standard InChI is InChI=1S/C28H36N8O10S2/c1-27(2)21(24(38)36(27)46-48(41,42)43)34-23(37)20(17-12-47-26(31)33-17)35-45-28(3,25(39)40)19-9-5-13-10-14(4-8-18(13)44-19)22(30)32-16-7-6-15(29)11-16/h4,8,10,12,15-16,19,21H,5-7,9,11,29H2,1-3H3,(H2,30,32)(H2,31,33)(H,34,37)(H,39,40)(H,41,42,43)/b35-20-/t15-,16+,19+,21+,28?/m0/s1. The molecule has 2 amide bonds. The quantitative estimate of drug-likeness (QED) is 0.0544. The largest absolute Gasteiger partial charge is 0.485 e. The number of thiazole rings is 1. The lowest BCUT2D eigenvalue weighted by Gasteiger charge is -2.50. The van der Waals surface area contributed by atoms with Crippen LogP contribution in [0.1, 0.15) is 63.3 Å². The summed E-state index contributed by atoms with van der Waals surface area (Å²) in [5, 5.41) is 30.1. The van der Waals surface area contributed by atoms with Crippen LogP contribution in [-0.4, -0.2) is 92.8 Å². The van der Waals surface area contributed by atoms with Crippen LogP contribution in [0.25, 0.3) is 0 Å². The number of carboxylic acids is 1. The van der Waals surface area contributed by atoms with Gasteiger partial charge in [0.1, 0.15) is 23.3 Å². The number of nitrogens with zero attached hydrogens (tertiary/aromatic N) is 3. The van der Waals surface area contributed by atoms with Crippen molar-refractivity contribution in [3.8, 4) is 5.75 Å². The highest BCUT2D eigenvalue weighted by atomic mass is 32.3. The van der Waals surface area contributed by atoms with Gasteiger partial charge in [-0.2, -0.15) is 13.5 Å². The molecular formula is C28H36N8O10S2. The highest BCUT2D eigenvalue weighted by Crippen LogP contribution is 2.35. The van der Waals surface area contributed by atoms with Crippen LogP contribution in [0.2, 0.25) is 0 Å². The van der Waals surface area contributed by atoms with Crippen LogP contribution in [-0.2, 0) is 40.3 Å². The number of hydroxylamine groups is 2.